The van der Waals surface area contributed by atoms with Gasteiger partial charge in [0.05, 0.1) is 13.2 Å². The minimum Gasteiger partial charge on any atom is -0.381 e. The zero-order chi connectivity index (χ0) is 17.8. The standard InChI is InChI=1S/C17H22N4O4/c18-15(22)7-19-17(24)21-13-3-1-2-12(6-13)20-16(23)5-10-4-11-8-25-9-14(10)11/h1-3,6,10-11,14H,4-5,7-9H2,(H2,18,22)(H,20,23)(H2,19,21,24)/t10?,11-,14-/m1/s1. The molecule has 1 heterocycles. The summed E-state index contributed by atoms with van der Waals surface area (Å²) in [4.78, 5) is 34.5. The van der Waals surface area contributed by atoms with Gasteiger partial charge in [-0.3, -0.25) is 9.59 Å². The second-order valence-corrected chi connectivity index (χ2v) is 6.56. The zero-order valence-electron chi connectivity index (χ0n) is 13.8. The maximum Gasteiger partial charge on any atom is 0.319 e. The third-order valence-corrected chi connectivity index (χ3v) is 4.73. The normalized spacial score (nSPS) is 23.9. The van der Waals surface area contributed by atoms with E-state index in [9.17, 15) is 14.4 Å². The number of urea groups is 1. The van der Waals surface area contributed by atoms with Gasteiger partial charge in [0.2, 0.25) is 11.8 Å². The van der Waals surface area contributed by atoms with Crippen LogP contribution in [-0.4, -0.2) is 37.6 Å². The van der Waals surface area contributed by atoms with Gasteiger partial charge in [0.25, 0.3) is 0 Å². The van der Waals surface area contributed by atoms with Crippen LogP contribution < -0.4 is 21.7 Å². The number of fused-ring (bicyclic) bond motifs is 1. The molecule has 5 N–H and O–H groups in total. The van der Waals surface area contributed by atoms with E-state index in [1.54, 1.807) is 24.3 Å². The van der Waals surface area contributed by atoms with Crippen molar-refractivity contribution in [2.45, 2.75) is 12.8 Å². The fourth-order valence-electron chi connectivity index (χ4n) is 3.45. The van der Waals surface area contributed by atoms with E-state index in [0.717, 1.165) is 19.6 Å². The number of primary amides is 1. The van der Waals surface area contributed by atoms with Crippen LogP contribution in [0.2, 0.25) is 0 Å². The van der Waals surface area contributed by atoms with E-state index in [0.29, 0.717) is 35.5 Å². The monoisotopic (exact) mass is 346 g/mol. The van der Waals surface area contributed by atoms with Crippen molar-refractivity contribution in [3.63, 3.8) is 0 Å². The Morgan fingerprint density at radius 1 is 1.16 bits per heavy atom. The van der Waals surface area contributed by atoms with Gasteiger partial charge in [0.1, 0.15) is 0 Å². The van der Waals surface area contributed by atoms with Crippen LogP contribution in [0, 0.1) is 17.8 Å². The van der Waals surface area contributed by atoms with Crippen LogP contribution in [0.4, 0.5) is 16.2 Å². The SMILES string of the molecule is NC(=O)CNC(=O)Nc1cccc(NC(=O)CC2C[C@@H]3COC[C@H]23)c1. The highest BCUT2D eigenvalue weighted by molar-refractivity contribution is 5.94. The second-order valence-electron chi connectivity index (χ2n) is 6.56. The first-order valence-corrected chi connectivity index (χ1v) is 8.32. The molecule has 1 saturated heterocycles. The molecule has 0 aromatic heterocycles. The van der Waals surface area contributed by atoms with E-state index >= 15 is 0 Å². The van der Waals surface area contributed by atoms with Crippen LogP contribution in [-0.2, 0) is 14.3 Å². The van der Waals surface area contributed by atoms with Gasteiger partial charge in [0, 0.05) is 24.4 Å². The fourth-order valence-corrected chi connectivity index (χ4v) is 3.45. The maximum absolute atomic E-state index is 12.2. The number of nitrogens with two attached hydrogens (primary N) is 1. The highest BCUT2D eigenvalue weighted by atomic mass is 16.5. The van der Waals surface area contributed by atoms with E-state index in [2.05, 4.69) is 16.0 Å². The van der Waals surface area contributed by atoms with Crippen molar-refractivity contribution in [1.29, 1.82) is 0 Å². The molecule has 1 aliphatic heterocycles. The van der Waals surface area contributed by atoms with Crippen LogP contribution in [0.25, 0.3) is 0 Å². The summed E-state index contributed by atoms with van der Waals surface area (Å²) in [5.41, 5.74) is 6.08. The van der Waals surface area contributed by atoms with Crippen LogP contribution in [0.3, 0.4) is 0 Å². The topological polar surface area (TPSA) is 123 Å². The van der Waals surface area contributed by atoms with Crippen molar-refractivity contribution < 1.29 is 19.1 Å². The van der Waals surface area contributed by atoms with Crippen molar-refractivity contribution in [3.8, 4) is 0 Å². The van der Waals surface area contributed by atoms with Gasteiger partial charge in [-0.2, -0.15) is 0 Å². The Kier molecular flexibility index (Phi) is 5.18. The first kappa shape index (κ1) is 17.2. The summed E-state index contributed by atoms with van der Waals surface area (Å²) >= 11 is 0. The molecule has 8 nitrogen and oxygen atoms in total. The molecule has 4 amide bonds. The van der Waals surface area contributed by atoms with Crippen LogP contribution in [0.5, 0.6) is 0 Å². The number of rotatable bonds is 6. The summed E-state index contributed by atoms with van der Waals surface area (Å²) in [6, 6.07) is 6.29. The Morgan fingerprint density at radius 3 is 2.64 bits per heavy atom. The molecule has 0 spiro atoms. The molecule has 134 valence electrons. The van der Waals surface area contributed by atoms with Gasteiger partial charge in [-0.1, -0.05) is 6.07 Å². The Morgan fingerprint density at radius 2 is 1.92 bits per heavy atom. The number of benzene rings is 1. The van der Waals surface area contributed by atoms with Gasteiger partial charge in [-0.25, -0.2) is 4.79 Å². The molecule has 2 aliphatic rings. The molecule has 1 aromatic rings. The van der Waals surface area contributed by atoms with Crippen LogP contribution >= 0.6 is 0 Å². The number of carbonyl (C=O) groups excluding carboxylic acids is 3. The molecule has 1 unspecified atom stereocenters. The summed E-state index contributed by atoms with van der Waals surface area (Å²) in [5.74, 6) is 0.887. The molecule has 2 fully saturated rings. The van der Waals surface area contributed by atoms with Crippen LogP contribution in [0.15, 0.2) is 24.3 Å². The second kappa shape index (κ2) is 7.52. The van der Waals surface area contributed by atoms with E-state index in [1.165, 1.54) is 0 Å². The van der Waals surface area contributed by atoms with Gasteiger partial charge in [-0.15, -0.1) is 0 Å². The van der Waals surface area contributed by atoms with Crippen molar-refractivity contribution in [2.75, 3.05) is 30.4 Å². The number of hydrogen-bond donors (Lipinski definition) is 4. The van der Waals surface area contributed by atoms with Crippen molar-refractivity contribution >= 4 is 29.2 Å². The smallest absolute Gasteiger partial charge is 0.319 e. The maximum atomic E-state index is 12.2. The number of nitrogens with one attached hydrogen (secondary N) is 3. The van der Waals surface area contributed by atoms with E-state index in [1.807, 2.05) is 0 Å². The molecule has 1 aliphatic carbocycles. The Bertz CT molecular complexity index is 678. The Balaban J connectivity index is 1.48. The third-order valence-electron chi connectivity index (χ3n) is 4.73. The Labute approximate surface area is 145 Å². The van der Waals surface area contributed by atoms with Gasteiger partial charge in [0.15, 0.2) is 0 Å². The average molecular weight is 346 g/mol. The average Bonchev–Trinajstić information content (AvgIpc) is 2.92. The predicted octanol–water partition coefficient (Wildman–Crippen LogP) is 0.904. The van der Waals surface area contributed by atoms with Gasteiger partial charge >= 0.3 is 6.03 Å². The van der Waals surface area contributed by atoms with Gasteiger partial charge in [-0.05, 0) is 42.4 Å². The number of anilines is 2. The third kappa shape index (κ3) is 4.48. The molecule has 3 rings (SSSR count). The molecule has 0 radical (unpaired) electrons. The lowest BCUT2D eigenvalue weighted by Crippen LogP contribution is -2.37. The first-order chi connectivity index (χ1) is 12.0. The first-order valence-electron chi connectivity index (χ1n) is 8.32. The zero-order valence-corrected chi connectivity index (χ0v) is 13.8. The molecule has 8 heteroatoms. The summed E-state index contributed by atoms with van der Waals surface area (Å²) < 4.78 is 5.44. The fraction of sp³-hybridized carbons (Fsp3) is 0.471. The molecular weight excluding hydrogens is 324 g/mol. The molecular formula is C17H22N4O4. The molecule has 0 bridgehead atoms. The van der Waals surface area contributed by atoms with Gasteiger partial charge < -0.3 is 26.4 Å². The molecule has 1 saturated carbocycles. The minimum atomic E-state index is -0.623. The number of carbonyl (C=O) groups is 3. The Hall–Kier alpha value is -2.61. The van der Waals surface area contributed by atoms with E-state index in [-0.39, 0.29) is 12.5 Å². The number of hydrogen-bond acceptors (Lipinski definition) is 4. The lowest BCUT2D eigenvalue weighted by molar-refractivity contribution is -0.119. The summed E-state index contributed by atoms with van der Waals surface area (Å²) in [5, 5.41) is 7.77. The summed E-state index contributed by atoms with van der Waals surface area (Å²) in [7, 11) is 0. The minimum absolute atomic E-state index is 0.0364. The molecule has 25 heavy (non-hydrogen) atoms. The number of amides is 4. The highest BCUT2D eigenvalue weighted by Gasteiger charge is 2.45. The van der Waals surface area contributed by atoms with E-state index < -0.39 is 11.9 Å². The number of ether oxygens (including phenoxy) is 1. The lowest BCUT2D eigenvalue weighted by Gasteiger charge is -2.38. The summed E-state index contributed by atoms with van der Waals surface area (Å²) in [6.45, 7) is 1.35. The van der Waals surface area contributed by atoms with E-state index in [4.69, 9.17) is 10.5 Å². The van der Waals surface area contributed by atoms with Crippen molar-refractivity contribution in [1.82, 2.24) is 5.32 Å². The molecule has 3 atom stereocenters. The molecule has 1 aromatic carbocycles. The quantitative estimate of drug-likeness (QED) is 0.611. The summed E-state index contributed by atoms with van der Waals surface area (Å²) in [6.07, 6.45) is 1.54. The van der Waals surface area contributed by atoms with Crippen molar-refractivity contribution in [3.05, 3.63) is 24.3 Å². The van der Waals surface area contributed by atoms with Crippen LogP contribution in [0.1, 0.15) is 12.8 Å². The highest BCUT2D eigenvalue weighted by Crippen LogP contribution is 2.46. The predicted molar refractivity (Wildman–Crippen MR) is 91.8 cm³/mol. The lowest BCUT2D eigenvalue weighted by atomic mass is 9.65. The van der Waals surface area contributed by atoms with Crippen molar-refractivity contribution in [2.24, 2.45) is 23.5 Å². The largest absolute Gasteiger partial charge is 0.381 e.